The number of benzene rings is 2. The van der Waals surface area contributed by atoms with Gasteiger partial charge in [0.05, 0.1) is 6.07 Å². The van der Waals surface area contributed by atoms with Crippen LogP contribution in [0, 0.1) is 11.3 Å². The molecule has 3 heteroatoms. The first kappa shape index (κ1) is 13.7. The molecule has 2 rings (SSSR count). The standard InChI is InChI=1S/C17H14N2O/c18-13-17(19-14-20,11-15-7-3-1-4-8-15)12-16-9-5-2-6-10-16/h1-10H,11-12H2. The summed E-state index contributed by atoms with van der Waals surface area (Å²) in [5.74, 6) is 0. The summed E-state index contributed by atoms with van der Waals surface area (Å²) >= 11 is 0. The normalized spacial score (nSPS) is 10.3. The predicted octanol–water partition coefficient (Wildman–Crippen LogP) is 3.07. The van der Waals surface area contributed by atoms with Crippen LogP contribution < -0.4 is 0 Å². The molecule has 0 aliphatic rings. The van der Waals surface area contributed by atoms with Gasteiger partial charge >= 0.3 is 0 Å². The molecule has 0 aliphatic carbocycles. The monoisotopic (exact) mass is 262 g/mol. The highest BCUT2D eigenvalue weighted by Crippen LogP contribution is 2.22. The van der Waals surface area contributed by atoms with E-state index in [1.165, 1.54) is 0 Å². The summed E-state index contributed by atoms with van der Waals surface area (Å²) in [6, 6.07) is 21.4. The van der Waals surface area contributed by atoms with E-state index in [4.69, 9.17) is 0 Å². The molecule has 0 N–H and O–H groups in total. The minimum Gasteiger partial charge on any atom is -0.211 e. The fourth-order valence-electron chi connectivity index (χ4n) is 2.20. The van der Waals surface area contributed by atoms with E-state index in [9.17, 15) is 10.1 Å². The Balaban J connectivity index is 2.31. The molecule has 0 spiro atoms. The molecule has 0 saturated carbocycles. The van der Waals surface area contributed by atoms with E-state index in [0.717, 1.165) is 11.1 Å². The maximum Gasteiger partial charge on any atom is 0.236 e. The molecule has 0 bridgehead atoms. The van der Waals surface area contributed by atoms with Gasteiger partial charge in [0.15, 0.2) is 5.54 Å². The fraction of sp³-hybridized carbons (Fsp3) is 0.176. The van der Waals surface area contributed by atoms with Crippen molar-refractivity contribution in [2.24, 2.45) is 4.99 Å². The molecule has 0 radical (unpaired) electrons. The second-order valence-corrected chi connectivity index (χ2v) is 4.67. The van der Waals surface area contributed by atoms with Crippen molar-refractivity contribution in [2.45, 2.75) is 18.4 Å². The molecule has 3 nitrogen and oxygen atoms in total. The van der Waals surface area contributed by atoms with Crippen LogP contribution >= 0.6 is 0 Å². The van der Waals surface area contributed by atoms with Gasteiger partial charge in [0, 0.05) is 12.8 Å². The molecule has 0 fully saturated rings. The second kappa shape index (κ2) is 6.47. The topological polar surface area (TPSA) is 53.2 Å². The third kappa shape index (κ3) is 3.41. The summed E-state index contributed by atoms with van der Waals surface area (Å²) in [6.07, 6.45) is 2.35. The molecular formula is C17H14N2O. The van der Waals surface area contributed by atoms with Gasteiger partial charge in [0.2, 0.25) is 6.08 Å². The van der Waals surface area contributed by atoms with Gasteiger partial charge in [-0.2, -0.15) is 10.3 Å². The zero-order valence-electron chi connectivity index (χ0n) is 11.0. The van der Waals surface area contributed by atoms with Crippen LogP contribution in [0.4, 0.5) is 0 Å². The summed E-state index contributed by atoms with van der Waals surface area (Å²) in [5, 5.41) is 9.51. The van der Waals surface area contributed by atoms with Crippen LogP contribution in [-0.2, 0) is 17.6 Å². The predicted molar refractivity (Wildman–Crippen MR) is 76.8 cm³/mol. The molecule has 0 heterocycles. The molecule has 20 heavy (non-hydrogen) atoms. The van der Waals surface area contributed by atoms with Crippen LogP contribution in [-0.4, -0.2) is 11.6 Å². The molecule has 0 saturated heterocycles. The SMILES string of the molecule is N#CC(Cc1ccccc1)(Cc1ccccc1)N=C=O. The third-order valence-corrected chi connectivity index (χ3v) is 3.15. The number of rotatable bonds is 5. The van der Waals surface area contributed by atoms with Crippen LogP contribution in [0.2, 0.25) is 0 Å². The van der Waals surface area contributed by atoms with Gasteiger partial charge in [-0.25, -0.2) is 4.79 Å². The molecule has 0 aliphatic heterocycles. The van der Waals surface area contributed by atoms with E-state index >= 15 is 0 Å². The lowest BCUT2D eigenvalue weighted by Crippen LogP contribution is -2.30. The maximum absolute atomic E-state index is 10.7. The summed E-state index contributed by atoms with van der Waals surface area (Å²) in [4.78, 5) is 14.5. The lowest BCUT2D eigenvalue weighted by atomic mass is 9.86. The highest BCUT2D eigenvalue weighted by atomic mass is 16.1. The smallest absolute Gasteiger partial charge is 0.211 e. The van der Waals surface area contributed by atoms with Crippen molar-refractivity contribution < 1.29 is 4.79 Å². The highest BCUT2D eigenvalue weighted by Gasteiger charge is 2.30. The Morgan fingerprint density at radius 1 is 0.900 bits per heavy atom. The first-order valence-corrected chi connectivity index (χ1v) is 6.36. The van der Waals surface area contributed by atoms with Gasteiger partial charge in [0.1, 0.15) is 0 Å². The van der Waals surface area contributed by atoms with Crippen molar-refractivity contribution in [3.63, 3.8) is 0 Å². The highest BCUT2D eigenvalue weighted by molar-refractivity contribution is 5.39. The molecule has 2 aromatic rings. The van der Waals surface area contributed by atoms with E-state index in [2.05, 4.69) is 11.1 Å². The minimum atomic E-state index is -1.09. The van der Waals surface area contributed by atoms with Crippen molar-refractivity contribution in [1.29, 1.82) is 5.26 Å². The molecule has 0 aromatic heterocycles. The van der Waals surface area contributed by atoms with Crippen LogP contribution in [0.1, 0.15) is 11.1 Å². The first-order chi connectivity index (χ1) is 9.78. The number of nitriles is 1. The van der Waals surface area contributed by atoms with E-state index in [-0.39, 0.29) is 0 Å². The molecule has 0 amide bonds. The lowest BCUT2D eigenvalue weighted by molar-refractivity contribution is 0.514. The largest absolute Gasteiger partial charge is 0.236 e. The molecule has 98 valence electrons. The quantitative estimate of drug-likeness (QED) is 0.614. The van der Waals surface area contributed by atoms with E-state index in [1.807, 2.05) is 60.7 Å². The van der Waals surface area contributed by atoms with Gasteiger partial charge in [-0.3, -0.25) is 0 Å². The zero-order valence-corrected chi connectivity index (χ0v) is 11.0. The second-order valence-electron chi connectivity index (χ2n) is 4.67. The number of hydrogen-bond acceptors (Lipinski definition) is 3. The summed E-state index contributed by atoms with van der Waals surface area (Å²) in [7, 11) is 0. The van der Waals surface area contributed by atoms with E-state index in [0.29, 0.717) is 12.8 Å². The molecular weight excluding hydrogens is 248 g/mol. The van der Waals surface area contributed by atoms with Crippen LogP contribution in [0.15, 0.2) is 65.7 Å². The molecule has 0 atom stereocenters. The Bertz CT molecular complexity index is 596. The third-order valence-electron chi connectivity index (χ3n) is 3.15. The average molecular weight is 262 g/mol. The summed E-state index contributed by atoms with van der Waals surface area (Å²) in [5.41, 5.74) is 0.859. The number of aliphatic imine (C=N–C) groups is 1. The molecule has 2 aromatic carbocycles. The maximum atomic E-state index is 10.7. The lowest BCUT2D eigenvalue weighted by Gasteiger charge is -2.20. The zero-order chi connectivity index (χ0) is 14.3. The Labute approximate surface area is 118 Å². The van der Waals surface area contributed by atoms with Gasteiger partial charge in [-0.05, 0) is 11.1 Å². The van der Waals surface area contributed by atoms with Crippen molar-refractivity contribution in [3.8, 4) is 6.07 Å². The van der Waals surface area contributed by atoms with Crippen LogP contribution in [0.25, 0.3) is 0 Å². The number of hydrogen-bond donors (Lipinski definition) is 0. The van der Waals surface area contributed by atoms with E-state index in [1.54, 1.807) is 6.08 Å². The van der Waals surface area contributed by atoms with Crippen molar-refractivity contribution >= 4 is 6.08 Å². The van der Waals surface area contributed by atoms with Crippen molar-refractivity contribution in [2.75, 3.05) is 0 Å². The van der Waals surface area contributed by atoms with Gasteiger partial charge in [0.25, 0.3) is 0 Å². The van der Waals surface area contributed by atoms with Crippen LogP contribution in [0.5, 0.6) is 0 Å². The number of carbonyl (C=O) groups excluding carboxylic acids is 1. The average Bonchev–Trinajstić information content (AvgIpc) is 2.49. The van der Waals surface area contributed by atoms with Crippen molar-refractivity contribution in [1.82, 2.24) is 0 Å². The van der Waals surface area contributed by atoms with Gasteiger partial charge in [-0.1, -0.05) is 60.7 Å². The first-order valence-electron chi connectivity index (χ1n) is 6.36. The Morgan fingerprint density at radius 2 is 1.35 bits per heavy atom. The van der Waals surface area contributed by atoms with Crippen LogP contribution in [0.3, 0.4) is 0 Å². The van der Waals surface area contributed by atoms with Gasteiger partial charge in [-0.15, -0.1) is 0 Å². The molecule has 0 unspecified atom stereocenters. The number of nitrogens with zero attached hydrogens (tertiary/aromatic N) is 2. The summed E-state index contributed by atoms with van der Waals surface area (Å²) in [6.45, 7) is 0. The Hall–Kier alpha value is -2.69. The Kier molecular flexibility index (Phi) is 4.44. The minimum absolute atomic E-state index is 0.397. The number of isocyanates is 1. The van der Waals surface area contributed by atoms with Gasteiger partial charge < -0.3 is 0 Å². The van der Waals surface area contributed by atoms with E-state index < -0.39 is 5.54 Å². The van der Waals surface area contributed by atoms with Crippen molar-refractivity contribution in [3.05, 3.63) is 71.8 Å². The summed E-state index contributed by atoms with van der Waals surface area (Å²) < 4.78 is 0. The fourth-order valence-corrected chi connectivity index (χ4v) is 2.20. The Morgan fingerprint density at radius 3 is 1.70 bits per heavy atom.